The van der Waals surface area contributed by atoms with E-state index in [-0.39, 0.29) is 17.3 Å². The van der Waals surface area contributed by atoms with Gasteiger partial charge in [0, 0.05) is 18.5 Å². The number of nitrogens with one attached hydrogen (secondary N) is 2. The van der Waals surface area contributed by atoms with Gasteiger partial charge in [0.1, 0.15) is 11.5 Å². The van der Waals surface area contributed by atoms with Crippen LogP contribution >= 0.6 is 0 Å². The molecule has 0 amide bonds. The number of aromatic amines is 2. The smallest absolute Gasteiger partial charge is 0.346 e. The third-order valence-corrected chi connectivity index (χ3v) is 3.68. The molecule has 0 radical (unpaired) electrons. The summed E-state index contributed by atoms with van der Waals surface area (Å²) in [5, 5.41) is 3.66. The van der Waals surface area contributed by atoms with Gasteiger partial charge in [-0.3, -0.25) is 4.79 Å². The molecule has 0 aliphatic carbocycles. The van der Waals surface area contributed by atoms with Gasteiger partial charge < -0.3 is 14.5 Å². The number of nitrogens with zero attached hydrogens (tertiary/aromatic N) is 3. The molecule has 0 atom stereocenters. The van der Waals surface area contributed by atoms with Crippen LogP contribution in [0.2, 0.25) is 0 Å². The highest BCUT2D eigenvalue weighted by Crippen LogP contribution is 2.27. The highest BCUT2D eigenvalue weighted by Gasteiger charge is 2.32. The van der Waals surface area contributed by atoms with Crippen molar-refractivity contribution in [3.05, 3.63) is 51.3 Å². The zero-order valence-electron chi connectivity index (χ0n) is 13.4. The van der Waals surface area contributed by atoms with E-state index in [1.54, 1.807) is 4.98 Å². The Labute approximate surface area is 139 Å². The standard InChI is InChI=1S/C15H14F3N5O2/c1-7-8(2)20-11(19-7)5-6-12-22-13(23-25-12)9-3-4-10(15(16,17)18)21-14(9)24/h3-4H,5-6H2,1-2H3,(H,19,20)(H,21,24). The maximum atomic E-state index is 12.6. The molecule has 2 N–H and O–H groups in total. The Hall–Kier alpha value is -2.91. The Morgan fingerprint density at radius 1 is 1.12 bits per heavy atom. The van der Waals surface area contributed by atoms with Gasteiger partial charge >= 0.3 is 6.18 Å². The van der Waals surface area contributed by atoms with E-state index in [2.05, 4.69) is 20.1 Å². The fourth-order valence-corrected chi connectivity index (χ4v) is 2.25. The van der Waals surface area contributed by atoms with E-state index in [1.807, 2.05) is 13.8 Å². The molecule has 0 fully saturated rings. The minimum Gasteiger partial charge on any atom is -0.346 e. The van der Waals surface area contributed by atoms with Gasteiger partial charge in [-0.1, -0.05) is 5.16 Å². The lowest BCUT2D eigenvalue weighted by Crippen LogP contribution is -2.17. The highest BCUT2D eigenvalue weighted by atomic mass is 19.4. The van der Waals surface area contributed by atoms with Gasteiger partial charge in [0.2, 0.25) is 11.7 Å². The number of rotatable bonds is 4. The zero-order chi connectivity index (χ0) is 18.2. The molecule has 0 aliphatic rings. The number of hydrogen-bond acceptors (Lipinski definition) is 5. The zero-order valence-corrected chi connectivity index (χ0v) is 13.4. The summed E-state index contributed by atoms with van der Waals surface area (Å²) in [5.41, 5.74) is -0.282. The van der Waals surface area contributed by atoms with E-state index in [0.717, 1.165) is 29.3 Å². The number of aromatic nitrogens is 5. The molecule has 132 valence electrons. The Bertz CT molecular complexity index is 935. The largest absolute Gasteiger partial charge is 0.431 e. The molecule has 0 bridgehead atoms. The summed E-state index contributed by atoms with van der Waals surface area (Å²) in [7, 11) is 0. The summed E-state index contributed by atoms with van der Waals surface area (Å²) >= 11 is 0. The second-order valence-corrected chi connectivity index (χ2v) is 5.52. The van der Waals surface area contributed by atoms with E-state index in [4.69, 9.17) is 4.52 Å². The summed E-state index contributed by atoms with van der Waals surface area (Å²) in [5.74, 6) is 0.972. The number of halogens is 3. The van der Waals surface area contributed by atoms with Crippen molar-refractivity contribution in [2.24, 2.45) is 0 Å². The van der Waals surface area contributed by atoms with Crippen molar-refractivity contribution in [3.8, 4) is 11.4 Å². The second-order valence-electron chi connectivity index (χ2n) is 5.52. The Morgan fingerprint density at radius 3 is 2.48 bits per heavy atom. The highest BCUT2D eigenvalue weighted by molar-refractivity contribution is 5.52. The van der Waals surface area contributed by atoms with Crippen LogP contribution < -0.4 is 5.56 Å². The van der Waals surface area contributed by atoms with Crippen LogP contribution in [0.5, 0.6) is 0 Å². The molecule has 7 nitrogen and oxygen atoms in total. The van der Waals surface area contributed by atoms with Crippen LogP contribution in [0, 0.1) is 13.8 Å². The molecule has 0 saturated heterocycles. The molecule has 0 aromatic carbocycles. The Morgan fingerprint density at radius 2 is 1.88 bits per heavy atom. The van der Waals surface area contributed by atoms with Gasteiger partial charge in [0.25, 0.3) is 5.56 Å². The van der Waals surface area contributed by atoms with Gasteiger partial charge in [0.05, 0.1) is 11.3 Å². The SMILES string of the molecule is Cc1nc(CCc2nc(-c3ccc(C(F)(F)F)[nH]c3=O)no2)[nH]c1C. The van der Waals surface area contributed by atoms with Crippen molar-refractivity contribution in [1.82, 2.24) is 25.1 Å². The number of hydrogen-bond donors (Lipinski definition) is 2. The first-order chi connectivity index (χ1) is 11.7. The van der Waals surface area contributed by atoms with Gasteiger partial charge in [-0.25, -0.2) is 4.98 Å². The molecule has 3 rings (SSSR count). The minimum atomic E-state index is -4.63. The van der Waals surface area contributed by atoms with Crippen molar-refractivity contribution in [1.29, 1.82) is 0 Å². The molecule has 3 aromatic heterocycles. The number of alkyl halides is 3. The quantitative estimate of drug-likeness (QED) is 0.751. The van der Waals surface area contributed by atoms with Crippen molar-refractivity contribution >= 4 is 0 Å². The molecular formula is C15H14F3N5O2. The molecule has 3 aromatic rings. The summed E-state index contributed by atoms with van der Waals surface area (Å²) in [6.45, 7) is 3.80. The first-order valence-corrected chi connectivity index (χ1v) is 7.39. The van der Waals surface area contributed by atoms with Crippen molar-refractivity contribution in [3.63, 3.8) is 0 Å². The summed E-state index contributed by atoms with van der Waals surface area (Å²) in [4.78, 5) is 25.1. The monoisotopic (exact) mass is 353 g/mol. The molecule has 0 saturated carbocycles. The van der Waals surface area contributed by atoms with E-state index in [9.17, 15) is 18.0 Å². The van der Waals surface area contributed by atoms with Crippen LogP contribution in [-0.4, -0.2) is 25.1 Å². The van der Waals surface area contributed by atoms with E-state index >= 15 is 0 Å². The Balaban J connectivity index is 1.76. The topological polar surface area (TPSA) is 100 Å². The number of imidazole rings is 1. The van der Waals surface area contributed by atoms with Crippen LogP contribution in [0.25, 0.3) is 11.4 Å². The average Bonchev–Trinajstić information content (AvgIpc) is 3.11. The normalized spacial score (nSPS) is 11.9. The van der Waals surface area contributed by atoms with Gasteiger partial charge in [-0.05, 0) is 26.0 Å². The lowest BCUT2D eigenvalue weighted by Gasteiger charge is -2.05. The van der Waals surface area contributed by atoms with Crippen LogP contribution in [-0.2, 0) is 19.0 Å². The van der Waals surface area contributed by atoms with E-state index in [0.29, 0.717) is 12.8 Å². The van der Waals surface area contributed by atoms with Crippen molar-refractivity contribution in [2.75, 3.05) is 0 Å². The van der Waals surface area contributed by atoms with Gasteiger partial charge in [-0.2, -0.15) is 18.2 Å². The van der Waals surface area contributed by atoms with Crippen molar-refractivity contribution < 1.29 is 17.7 Å². The van der Waals surface area contributed by atoms with Crippen LogP contribution in [0.3, 0.4) is 0 Å². The summed E-state index contributed by atoms with van der Waals surface area (Å²) in [6, 6.07) is 1.79. The fourth-order valence-electron chi connectivity index (χ4n) is 2.25. The van der Waals surface area contributed by atoms with E-state index < -0.39 is 17.4 Å². The van der Waals surface area contributed by atoms with Gasteiger partial charge in [-0.15, -0.1) is 0 Å². The summed E-state index contributed by atoms with van der Waals surface area (Å²) < 4.78 is 42.8. The van der Waals surface area contributed by atoms with E-state index in [1.165, 1.54) is 0 Å². The van der Waals surface area contributed by atoms with Crippen LogP contribution in [0.4, 0.5) is 13.2 Å². The molecule has 25 heavy (non-hydrogen) atoms. The Kier molecular flexibility index (Phi) is 4.19. The third kappa shape index (κ3) is 3.62. The lowest BCUT2D eigenvalue weighted by atomic mass is 10.2. The maximum absolute atomic E-state index is 12.6. The summed E-state index contributed by atoms with van der Waals surface area (Å²) in [6.07, 6.45) is -3.71. The van der Waals surface area contributed by atoms with Gasteiger partial charge in [0.15, 0.2) is 0 Å². The number of pyridine rings is 1. The molecular weight excluding hydrogens is 339 g/mol. The molecule has 0 spiro atoms. The average molecular weight is 353 g/mol. The molecule has 3 heterocycles. The van der Waals surface area contributed by atoms with Crippen LogP contribution in [0.15, 0.2) is 21.5 Å². The second kappa shape index (κ2) is 6.19. The third-order valence-electron chi connectivity index (χ3n) is 3.68. The van der Waals surface area contributed by atoms with Crippen LogP contribution in [0.1, 0.15) is 28.8 Å². The first-order valence-electron chi connectivity index (χ1n) is 7.39. The predicted octanol–water partition coefficient (Wildman–Crippen LogP) is 2.57. The maximum Gasteiger partial charge on any atom is 0.431 e. The number of aryl methyl sites for hydroxylation is 4. The molecule has 0 unspecified atom stereocenters. The molecule has 0 aliphatic heterocycles. The number of H-pyrrole nitrogens is 2. The first kappa shape index (κ1) is 16.9. The minimum absolute atomic E-state index is 0.0585. The van der Waals surface area contributed by atoms with Crippen molar-refractivity contribution in [2.45, 2.75) is 32.9 Å². The lowest BCUT2D eigenvalue weighted by molar-refractivity contribution is -0.141. The predicted molar refractivity (Wildman–Crippen MR) is 80.8 cm³/mol. The molecule has 10 heteroatoms. The fraction of sp³-hybridized carbons (Fsp3) is 0.333.